The van der Waals surface area contributed by atoms with Crippen molar-refractivity contribution >= 4 is 35.9 Å². The van der Waals surface area contributed by atoms with Crippen LogP contribution in [0.1, 0.15) is 11.1 Å². The molecule has 3 aliphatic heterocycles. The second kappa shape index (κ2) is 6.24. The minimum Gasteiger partial charge on any atom is -0.479 e. The molecule has 9 nitrogen and oxygen atoms in total. The number of carbonyl (C=O) groups excluding carboxylic acids is 2. The van der Waals surface area contributed by atoms with Gasteiger partial charge in [0, 0.05) is 6.54 Å². The molecule has 0 aromatic heterocycles. The zero-order valence-electron chi connectivity index (χ0n) is 14.6. The fourth-order valence-corrected chi connectivity index (χ4v) is 5.04. The molecule has 3 saturated heterocycles. The van der Waals surface area contributed by atoms with E-state index in [0.29, 0.717) is 0 Å². The fourth-order valence-electron chi connectivity index (χ4n) is 3.46. The molecule has 0 aliphatic carbocycles. The zero-order valence-corrected chi connectivity index (χ0v) is 15.4. The smallest absolute Gasteiger partial charge is 0.342 e. The van der Waals surface area contributed by atoms with Gasteiger partial charge in [0.05, 0.1) is 19.3 Å². The summed E-state index contributed by atoms with van der Waals surface area (Å²) in [5.74, 6) is -1.43. The number of amides is 3. The van der Waals surface area contributed by atoms with Crippen LogP contribution in [0.4, 0.5) is 4.79 Å². The molecule has 3 fully saturated rings. The van der Waals surface area contributed by atoms with E-state index < -0.39 is 28.3 Å². The Kier molecular flexibility index (Phi) is 4.11. The second-order valence-electron chi connectivity index (χ2n) is 6.80. The Morgan fingerprint density at radius 1 is 1.33 bits per heavy atom. The number of urea groups is 1. The van der Waals surface area contributed by atoms with Crippen LogP contribution in [0.25, 0.3) is 0 Å². The summed E-state index contributed by atoms with van der Waals surface area (Å²) in [6, 6.07) is 6.46. The number of carboxylic acid groups (broad SMARTS) is 1. The number of carbonyl (C=O) groups is 3. The first-order valence-electron chi connectivity index (χ1n) is 8.50. The molecule has 10 heteroatoms. The van der Waals surface area contributed by atoms with Crippen molar-refractivity contribution < 1.29 is 19.5 Å². The zero-order chi connectivity index (χ0) is 19.3. The largest absolute Gasteiger partial charge is 0.479 e. The highest BCUT2D eigenvalue weighted by Gasteiger charge is 2.65. The van der Waals surface area contributed by atoms with E-state index in [0.717, 1.165) is 22.9 Å². The molecule has 0 bridgehead atoms. The number of hydrogen-bond donors (Lipinski definition) is 2. The Morgan fingerprint density at radius 2 is 2.04 bits per heavy atom. The maximum atomic E-state index is 12.8. The average molecular weight is 389 g/mol. The van der Waals surface area contributed by atoms with Crippen LogP contribution in [-0.2, 0) is 9.59 Å². The van der Waals surface area contributed by atoms with Gasteiger partial charge in [0.2, 0.25) is 10.8 Å². The Balaban J connectivity index is 1.52. The first-order chi connectivity index (χ1) is 12.8. The molecule has 0 spiro atoms. The Hall–Kier alpha value is -2.59. The first kappa shape index (κ1) is 17.8. The molecule has 0 saturated carbocycles. The van der Waals surface area contributed by atoms with Crippen molar-refractivity contribution in [1.82, 2.24) is 14.8 Å². The number of fused-ring (bicyclic) bond motifs is 1. The van der Waals surface area contributed by atoms with Gasteiger partial charge in [0.25, 0.3) is 0 Å². The molecule has 3 N–H and O–H groups in total. The van der Waals surface area contributed by atoms with E-state index in [2.05, 4.69) is 5.10 Å². The quantitative estimate of drug-likeness (QED) is 0.556. The lowest BCUT2D eigenvalue weighted by molar-refractivity contribution is -0.148. The maximum Gasteiger partial charge on any atom is 0.342 e. The van der Waals surface area contributed by atoms with Crippen molar-refractivity contribution in [2.75, 3.05) is 19.6 Å². The Bertz CT molecular complexity index is 844. The summed E-state index contributed by atoms with van der Waals surface area (Å²) in [7, 11) is 0. The van der Waals surface area contributed by atoms with Gasteiger partial charge in [-0.2, -0.15) is 5.10 Å². The molecule has 142 valence electrons. The molecule has 0 unspecified atom stereocenters. The van der Waals surface area contributed by atoms with Gasteiger partial charge in [-0.05, 0) is 12.5 Å². The lowest BCUT2D eigenvalue weighted by Gasteiger charge is -2.38. The van der Waals surface area contributed by atoms with Crippen LogP contribution in [0, 0.1) is 6.92 Å². The normalized spacial score (nSPS) is 30.2. The van der Waals surface area contributed by atoms with E-state index in [1.54, 1.807) is 6.21 Å². The summed E-state index contributed by atoms with van der Waals surface area (Å²) in [5.41, 5.74) is 7.73. The summed E-state index contributed by atoms with van der Waals surface area (Å²) in [4.78, 5) is 37.9. The average Bonchev–Trinajstić information content (AvgIpc) is 3.21. The monoisotopic (exact) mass is 389 g/mol. The van der Waals surface area contributed by atoms with Crippen LogP contribution in [0.3, 0.4) is 0 Å². The highest BCUT2D eigenvalue weighted by atomic mass is 32.2. The molecule has 4 rings (SSSR count). The third-order valence-corrected chi connectivity index (χ3v) is 6.77. The SMILES string of the molecule is Cc1ccc(C=NN2CCN([C@]3(C(=O)O)CN4C(=O)[C@@H](N)[C@H]4S3)C2=O)cc1. The lowest BCUT2D eigenvalue weighted by Crippen LogP contribution is -2.65. The van der Waals surface area contributed by atoms with E-state index in [1.165, 1.54) is 14.8 Å². The van der Waals surface area contributed by atoms with Crippen molar-refractivity contribution in [2.45, 2.75) is 23.2 Å². The van der Waals surface area contributed by atoms with Gasteiger partial charge in [-0.15, -0.1) is 0 Å². The standard InChI is InChI=1S/C17H19N5O4S/c1-10-2-4-11(5-3-10)8-19-22-7-6-21(16(22)26)17(15(24)25)9-20-13(23)12(18)14(20)27-17/h2-5,8,12,14H,6-7,9,18H2,1H3,(H,24,25)/t12-,14-,17-/m1/s1. The van der Waals surface area contributed by atoms with E-state index in [-0.39, 0.29) is 25.5 Å². The number of rotatable bonds is 4. The lowest BCUT2D eigenvalue weighted by atomic mass is 10.1. The molecular weight excluding hydrogens is 370 g/mol. The molecule has 1 aromatic rings. The highest BCUT2D eigenvalue weighted by molar-refractivity contribution is 8.02. The number of carboxylic acids is 1. The van der Waals surface area contributed by atoms with Crippen molar-refractivity contribution in [3.63, 3.8) is 0 Å². The third-order valence-electron chi connectivity index (χ3n) is 5.06. The summed E-state index contributed by atoms with van der Waals surface area (Å²) in [6.07, 6.45) is 1.57. The van der Waals surface area contributed by atoms with Crippen LogP contribution >= 0.6 is 11.8 Å². The van der Waals surface area contributed by atoms with Gasteiger partial charge in [-0.25, -0.2) is 14.6 Å². The van der Waals surface area contributed by atoms with Crippen molar-refractivity contribution in [2.24, 2.45) is 10.8 Å². The van der Waals surface area contributed by atoms with E-state index >= 15 is 0 Å². The van der Waals surface area contributed by atoms with Crippen LogP contribution < -0.4 is 5.73 Å². The van der Waals surface area contributed by atoms with Gasteiger partial charge >= 0.3 is 12.0 Å². The summed E-state index contributed by atoms with van der Waals surface area (Å²) < 4.78 is 0. The number of hydrogen-bond acceptors (Lipinski definition) is 6. The predicted molar refractivity (Wildman–Crippen MR) is 99.0 cm³/mol. The maximum absolute atomic E-state index is 12.8. The molecular formula is C17H19N5O4S. The van der Waals surface area contributed by atoms with Crippen molar-refractivity contribution in [1.29, 1.82) is 0 Å². The number of nitrogens with two attached hydrogens (primary N) is 1. The topological polar surface area (TPSA) is 120 Å². The summed E-state index contributed by atoms with van der Waals surface area (Å²) in [6.45, 7) is 2.41. The van der Waals surface area contributed by atoms with E-state index in [9.17, 15) is 19.5 Å². The Labute approximate surface area is 159 Å². The number of hydrazone groups is 1. The first-order valence-corrected chi connectivity index (χ1v) is 9.38. The van der Waals surface area contributed by atoms with Gasteiger partial charge in [-0.1, -0.05) is 41.6 Å². The second-order valence-corrected chi connectivity index (χ2v) is 8.20. The van der Waals surface area contributed by atoms with Crippen LogP contribution in [0.15, 0.2) is 29.4 Å². The number of thioether (sulfide) groups is 1. The minimum absolute atomic E-state index is 0.0640. The van der Waals surface area contributed by atoms with Gasteiger partial charge in [0.1, 0.15) is 11.4 Å². The van der Waals surface area contributed by atoms with Crippen molar-refractivity contribution in [3.8, 4) is 0 Å². The summed E-state index contributed by atoms with van der Waals surface area (Å²) in [5, 5.41) is 14.9. The van der Waals surface area contributed by atoms with Crippen LogP contribution in [-0.4, -0.2) is 80.0 Å². The molecule has 3 atom stereocenters. The third kappa shape index (κ3) is 2.67. The van der Waals surface area contributed by atoms with Gasteiger partial charge in [0.15, 0.2) is 0 Å². The highest BCUT2D eigenvalue weighted by Crippen LogP contribution is 2.49. The van der Waals surface area contributed by atoms with Crippen molar-refractivity contribution in [3.05, 3.63) is 35.4 Å². The minimum atomic E-state index is -1.53. The predicted octanol–water partition coefficient (Wildman–Crippen LogP) is 0.0898. The molecule has 27 heavy (non-hydrogen) atoms. The number of benzene rings is 1. The molecule has 3 heterocycles. The number of aryl methyl sites for hydroxylation is 1. The van der Waals surface area contributed by atoms with Crippen LogP contribution in [0.5, 0.6) is 0 Å². The fraction of sp³-hybridized carbons (Fsp3) is 0.412. The summed E-state index contributed by atoms with van der Waals surface area (Å²) >= 11 is 1.05. The molecule has 3 amide bonds. The van der Waals surface area contributed by atoms with Gasteiger partial charge in [-0.3, -0.25) is 9.69 Å². The van der Waals surface area contributed by atoms with E-state index in [4.69, 9.17) is 5.73 Å². The van der Waals surface area contributed by atoms with Crippen LogP contribution in [0.2, 0.25) is 0 Å². The van der Waals surface area contributed by atoms with E-state index in [1.807, 2.05) is 31.2 Å². The molecule has 3 aliphatic rings. The molecule has 1 aromatic carbocycles. The number of aliphatic carboxylic acids is 1. The number of β-lactam (4-membered cyclic amide) rings is 1. The van der Waals surface area contributed by atoms with Gasteiger partial charge < -0.3 is 15.7 Å². The molecule has 0 radical (unpaired) electrons. The number of nitrogens with zero attached hydrogens (tertiary/aromatic N) is 4. The Morgan fingerprint density at radius 3 is 2.67 bits per heavy atom.